The van der Waals surface area contributed by atoms with Crippen LogP contribution in [0.5, 0.6) is 0 Å². The van der Waals surface area contributed by atoms with Crippen molar-refractivity contribution in [2.45, 2.75) is 18.9 Å². The third-order valence-corrected chi connectivity index (χ3v) is 3.87. The summed E-state index contributed by atoms with van der Waals surface area (Å²) in [6.07, 6.45) is 0.815. The highest BCUT2D eigenvalue weighted by molar-refractivity contribution is 7.07. The van der Waals surface area contributed by atoms with Gasteiger partial charge in [0.25, 0.3) is 0 Å². The van der Waals surface area contributed by atoms with Gasteiger partial charge in [0.2, 0.25) is 0 Å². The van der Waals surface area contributed by atoms with E-state index in [-0.39, 0.29) is 6.03 Å². The van der Waals surface area contributed by atoms with E-state index in [2.05, 4.69) is 10.6 Å². The Bertz CT molecular complexity index is 528. The predicted octanol–water partition coefficient (Wildman–Crippen LogP) is 2.71. The molecule has 5 heteroatoms. The van der Waals surface area contributed by atoms with Gasteiger partial charge in [-0.25, -0.2) is 4.79 Å². The van der Waals surface area contributed by atoms with Gasteiger partial charge in [0.15, 0.2) is 0 Å². The smallest absolute Gasteiger partial charge is 0.314 e. The molecular weight excluding hydrogens is 284 g/mol. The third-order valence-electron chi connectivity index (χ3n) is 3.17. The topological polar surface area (TPSA) is 61.4 Å². The average molecular weight is 304 g/mol. The number of benzene rings is 1. The van der Waals surface area contributed by atoms with E-state index in [1.54, 1.807) is 11.3 Å². The van der Waals surface area contributed by atoms with Crippen molar-refractivity contribution in [3.05, 3.63) is 58.3 Å². The number of aliphatic hydroxyl groups is 1. The highest BCUT2D eigenvalue weighted by atomic mass is 32.1. The summed E-state index contributed by atoms with van der Waals surface area (Å²) in [6.45, 7) is 1.05. The van der Waals surface area contributed by atoms with Gasteiger partial charge in [-0.05, 0) is 40.8 Å². The summed E-state index contributed by atoms with van der Waals surface area (Å²) >= 11 is 1.56. The maximum atomic E-state index is 11.6. The summed E-state index contributed by atoms with van der Waals surface area (Å²) in [6, 6.07) is 11.7. The molecule has 2 rings (SSSR count). The Morgan fingerprint density at radius 2 is 1.90 bits per heavy atom. The van der Waals surface area contributed by atoms with Crippen LogP contribution in [0.25, 0.3) is 0 Å². The molecule has 1 aromatic heterocycles. The van der Waals surface area contributed by atoms with Gasteiger partial charge in [-0.2, -0.15) is 11.3 Å². The first kappa shape index (κ1) is 15.5. The first-order chi connectivity index (χ1) is 10.3. The van der Waals surface area contributed by atoms with Crippen LogP contribution in [0.2, 0.25) is 0 Å². The van der Waals surface area contributed by atoms with Crippen LogP contribution in [0, 0.1) is 0 Å². The van der Waals surface area contributed by atoms with Crippen LogP contribution in [0.4, 0.5) is 4.79 Å². The normalized spacial score (nSPS) is 11.9. The number of thiophene rings is 1. The summed E-state index contributed by atoms with van der Waals surface area (Å²) in [7, 11) is 0. The van der Waals surface area contributed by atoms with Crippen molar-refractivity contribution in [2.24, 2.45) is 0 Å². The number of amides is 2. The lowest BCUT2D eigenvalue weighted by molar-refractivity contribution is 0.167. The van der Waals surface area contributed by atoms with Gasteiger partial charge in [0.1, 0.15) is 0 Å². The fraction of sp³-hybridized carbons (Fsp3) is 0.312. The molecule has 0 spiro atoms. The molecule has 1 unspecified atom stereocenters. The number of urea groups is 1. The van der Waals surface area contributed by atoms with E-state index >= 15 is 0 Å². The lowest BCUT2D eigenvalue weighted by atomic mass is 10.1. The molecule has 0 fully saturated rings. The lowest BCUT2D eigenvalue weighted by Gasteiger charge is -2.11. The van der Waals surface area contributed by atoms with E-state index in [1.165, 1.54) is 5.56 Å². The third kappa shape index (κ3) is 5.57. The van der Waals surface area contributed by atoms with Crippen molar-refractivity contribution >= 4 is 17.4 Å². The van der Waals surface area contributed by atoms with E-state index in [9.17, 15) is 9.90 Å². The molecule has 4 nitrogen and oxygen atoms in total. The van der Waals surface area contributed by atoms with Gasteiger partial charge in [-0.3, -0.25) is 0 Å². The maximum Gasteiger partial charge on any atom is 0.314 e. The number of rotatable bonds is 7. The molecule has 1 aromatic carbocycles. The number of nitrogens with one attached hydrogen (secondary N) is 2. The van der Waals surface area contributed by atoms with Crippen LogP contribution in [-0.2, 0) is 6.42 Å². The Morgan fingerprint density at radius 1 is 1.14 bits per heavy atom. The monoisotopic (exact) mass is 304 g/mol. The van der Waals surface area contributed by atoms with Crippen LogP contribution in [0.3, 0.4) is 0 Å². The van der Waals surface area contributed by atoms with Gasteiger partial charge in [0, 0.05) is 13.1 Å². The molecule has 1 atom stereocenters. The minimum Gasteiger partial charge on any atom is -0.388 e. The van der Waals surface area contributed by atoms with E-state index in [4.69, 9.17) is 0 Å². The molecule has 0 radical (unpaired) electrons. The SMILES string of the molecule is O=C(NCCc1ccccc1)NCCC(O)c1ccsc1. The van der Waals surface area contributed by atoms with E-state index < -0.39 is 6.10 Å². The first-order valence-corrected chi connectivity index (χ1v) is 7.96. The lowest BCUT2D eigenvalue weighted by Crippen LogP contribution is -2.37. The Morgan fingerprint density at radius 3 is 2.62 bits per heavy atom. The minimum atomic E-state index is -0.513. The van der Waals surface area contributed by atoms with Crippen LogP contribution in [0.15, 0.2) is 47.2 Å². The van der Waals surface area contributed by atoms with Crippen molar-refractivity contribution in [3.8, 4) is 0 Å². The van der Waals surface area contributed by atoms with Gasteiger partial charge in [-0.1, -0.05) is 30.3 Å². The molecule has 0 aliphatic rings. The molecule has 0 aliphatic heterocycles. The van der Waals surface area contributed by atoms with Crippen LogP contribution in [0.1, 0.15) is 23.7 Å². The number of hydrogen-bond acceptors (Lipinski definition) is 3. The van der Waals surface area contributed by atoms with Gasteiger partial charge < -0.3 is 15.7 Å². The number of hydrogen-bond donors (Lipinski definition) is 3. The number of aliphatic hydroxyl groups excluding tert-OH is 1. The molecule has 112 valence electrons. The Hall–Kier alpha value is -1.85. The summed E-state index contributed by atoms with van der Waals surface area (Å²) in [5, 5.41) is 19.3. The molecule has 0 aliphatic carbocycles. The average Bonchev–Trinajstić information content (AvgIpc) is 3.02. The highest BCUT2D eigenvalue weighted by Gasteiger charge is 2.08. The van der Waals surface area contributed by atoms with Crippen molar-refractivity contribution in [2.75, 3.05) is 13.1 Å². The number of carbonyl (C=O) groups is 1. The summed E-state index contributed by atoms with van der Waals surface area (Å²) in [4.78, 5) is 11.6. The zero-order valence-corrected chi connectivity index (χ0v) is 12.6. The summed E-state index contributed by atoms with van der Waals surface area (Å²) in [5.41, 5.74) is 2.11. The van der Waals surface area contributed by atoms with Crippen LogP contribution < -0.4 is 10.6 Å². The molecule has 3 N–H and O–H groups in total. The second-order valence-corrected chi connectivity index (χ2v) is 5.56. The standard InChI is InChI=1S/C16H20N2O2S/c19-15(14-8-11-21-12-14)7-10-18-16(20)17-9-6-13-4-2-1-3-5-13/h1-5,8,11-12,15,19H,6-7,9-10H2,(H2,17,18,20). The molecular formula is C16H20N2O2S. The fourth-order valence-corrected chi connectivity index (χ4v) is 2.69. The molecule has 0 saturated heterocycles. The van der Waals surface area contributed by atoms with Gasteiger partial charge in [0.05, 0.1) is 6.10 Å². The van der Waals surface area contributed by atoms with Crippen LogP contribution >= 0.6 is 11.3 Å². The molecule has 1 heterocycles. The van der Waals surface area contributed by atoms with Crippen molar-refractivity contribution in [1.29, 1.82) is 0 Å². The van der Waals surface area contributed by atoms with Gasteiger partial charge in [-0.15, -0.1) is 0 Å². The second-order valence-electron chi connectivity index (χ2n) is 4.78. The largest absolute Gasteiger partial charge is 0.388 e. The Labute approximate surface area is 128 Å². The molecule has 0 bridgehead atoms. The second kappa shape index (κ2) is 8.44. The maximum absolute atomic E-state index is 11.6. The summed E-state index contributed by atoms with van der Waals surface area (Å²) in [5.74, 6) is 0. The van der Waals surface area contributed by atoms with E-state index in [0.29, 0.717) is 19.5 Å². The first-order valence-electron chi connectivity index (χ1n) is 7.01. The van der Waals surface area contributed by atoms with E-state index in [1.807, 2.05) is 47.2 Å². The van der Waals surface area contributed by atoms with Gasteiger partial charge >= 0.3 is 6.03 Å². The van der Waals surface area contributed by atoms with Crippen molar-refractivity contribution in [3.63, 3.8) is 0 Å². The molecule has 2 amide bonds. The minimum absolute atomic E-state index is 0.191. The predicted molar refractivity (Wildman–Crippen MR) is 85.4 cm³/mol. The quantitative estimate of drug-likeness (QED) is 0.736. The number of carbonyl (C=O) groups excluding carboxylic acids is 1. The zero-order valence-electron chi connectivity index (χ0n) is 11.8. The van der Waals surface area contributed by atoms with Crippen LogP contribution in [-0.4, -0.2) is 24.2 Å². The molecule has 0 saturated carbocycles. The van der Waals surface area contributed by atoms with Crippen molar-refractivity contribution < 1.29 is 9.90 Å². The molecule has 2 aromatic rings. The molecule has 21 heavy (non-hydrogen) atoms. The Kier molecular flexibility index (Phi) is 6.24. The summed E-state index contributed by atoms with van der Waals surface area (Å²) < 4.78 is 0. The van der Waals surface area contributed by atoms with Crippen molar-refractivity contribution in [1.82, 2.24) is 10.6 Å². The Balaban J connectivity index is 1.57. The highest BCUT2D eigenvalue weighted by Crippen LogP contribution is 2.18. The zero-order chi connectivity index (χ0) is 14.9. The van der Waals surface area contributed by atoms with E-state index in [0.717, 1.165) is 12.0 Å². The fourth-order valence-electron chi connectivity index (χ4n) is 1.98.